The number of pyridine rings is 1. The van der Waals surface area contributed by atoms with Gasteiger partial charge in [-0.3, -0.25) is 4.90 Å². The smallest absolute Gasteiger partial charge is 0.241 e. The lowest BCUT2D eigenvalue weighted by Crippen LogP contribution is -2.36. The Bertz CT molecular complexity index is 637. The zero-order valence-electron chi connectivity index (χ0n) is 14.6. The molecule has 0 amide bonds. The average Bonchev–Trinajstić information content (AvgIpc) is 3.09. The minimum absolute atomic E-state index is 0.543. The summed E-state index contributed by atoms with van der Waals surface area (Å²) >= 11 is 0. The Morgan fingerprint density at radius 1 is 1.25 bits per heavy atom. The molecule has 0 spiro atoms. The Morgan fingerprint density at radius 2 is 2.08 bits per heavy atom. The molecule has 0 N–H and O–H groups in total. The maximum atomic E-state index is 5.55. The van der Waals surface area contributed by atoms with Crippen LogP contribution in [0.5, 0.6) is 5.88 Å². The SMILES string of the molecule is CCOc1ncccc1-c1noc(CN(CC)C2CCCCC2)n1. The minimum Gasteiger partial charge on any atom is -0.477 e. The van der Waals surface area contributed by atoms with Crippen LogP contribution in [0.2, 0.25) is 0 Å². The predicted molar refractivity (Wildman–Crippen MR) is 91.7 cm³/mol. The standard InChI is InChI=1S/C18H26N4O2/c1-3-22(14-9-6-5-7-10-14)13-16-20-17(21-24-16)15-11-8-12-19-18(15)23-4-2/h8,11-12,14H,3-7,9-10,13H2,1-2H3. The molecule has 1 fully saturated rings. The van der Waals surface area contributed by atoms with Gasteiger partial charge in [0.25, 0.3) is 0 Å². The number of aromatic nitrogens is 3. The van der Waals surface area contributed by atoms with Gasteiger partial charge in [0.05, 0.1) is 18.7 Å². The normalized spacial score (nSPS) is 15.8. The van der Waals surface area contributed by atoms with Gasteiger partial charge in [-0.2, -0.15) is 4.98 Å². The summed E-state index contributed by atoms with van der Waals surface area (Å²) in [4.78, 5) is 11.3. The van der Waals surface area contributed by atoms with Gasteiger partial charge in [0.15, 0.2) is 0 Å². The Labute approximate surface area is 143 Å². The quantitative estimate of drug-likeness (QED) is 0.771. The predicted octanol–water partition coefficient (Wildman–Crippen LogP) is 3.68. The first-order valence-electron chi connectivity index (χ1n) is 8.96. The van der Waals surface area contributed by atoms with Crippen LogP contribution < -0.4 is 4.74 Å². The van der Waals surface area contributed by atoms with E-state index < -0.39 is 0 Å². The van der Waals surface area contributed by atoms with Crippen molar-refractivity contribution >= 4 is 0 Å². The molecule has 3 rings (SSSR count). The summed E-state index contributed by atoms with van der Waals surface area (Å²) in [5.74, 6) is 1.75. The molecule has 1 saturated carbocycles. The fourth-order valence-corrected chi connectivity index (χ4v) is 3.36. The van der Waals surface area contributed by atoms with Crippen LogP contribution in [-0.4, -0.2) is 39.2 Å². The van der Waals surface area contributed by atoms with E-state index in [1.165, 1.54) is 32.1 Å². The Balaban J connectivity index is 1.73. The average molecular weight is 330 g/mol. The lowest BCUT2D eigenvalue weighted by molar-refractivity contribution is 0.139. The highest BCUT2D eigenvalue weighted by atomic mass is 16.5. The molecule has 130 valence electrons. The second kappa shape index (κ2) is 8.24. The molecule has 2 heterocycles. The number of hydrogen-bond donors (Lipinski definition) is 0. The van der Waals surface area contributed by atoms with E-state index in [2.05, 4.69) is 26.9 Å². The van der Waals surface area contributed by atoms with Gasteiger partial charge in [-0.25, -0.2) is 4.98 Å². The summed E-state index contributed by atoms with van der Waals surface area (Å²) in [5.41, 5.74) is 0.773. The van der Waals surface area contributed by atoms with Gasteiger partial charge in [0.2, 0.25) is 17.6 Å². The molecule has 0 saturated heterocycles. The van der Waals surface area contributed by atoms with Crippen molar-refractivity contribution in [1.29, 1.82) is 0 Å². The van der Waals surface area contributed by atoms with E-state index in [-0.39, 0.29) is 0 Å². The molecule has 0 unspecified atom stereocenters. The van der Waals surface area contributed by atoms with Crippen LogP contribution in [-0.2, 0) is 6.54 Å². The molecule has 2 aromatic rings. The van der Waals surface area contributed by atoms with Gasteiger partial charge in [0, 0.05) is 12.2 Å². The summed E-state index contributed by atoms with van der Waals surface area (Å²) in [6.45, 7) is 6.39. The summed E-state index contributed by atoms with van der Waals surface area (Å²) < 4.78 is 11.0. The summed E-state index contributed by atoms with van der Waals surface area (Å²) in [6.07, 6.45) is 8.25. The number of rotatable bonds is 7. The first-order chi connectivity index (χ1) is 11.8. The van der Waals surface area contributed by atoms with Crippen molar-refractivity contribution < 1.29 is 9.26 Å². The van der Waals surface area contributed by atoms with Crippen LogP contribution in [0.25, 0.3) is 11.4 Å². The van der Waals surface area contributed by atoms with Crippen LogP contribution in [0.3, 0.4) is 0 Å². The van der Waals surface area contributed by atoms with Crippen LogP contribution >= 0.6 is 0 Å². The maximum Gasteiger partial charge on any atom is 0.241 e. The second-order valence-electron chi connectivity index (χ2n) is 6.16. The molecule has 1 aliphatic carbocycles. The molecular weight excluding hydrogens is 304 g/mol. The van der Waals surface area contributed by atoms with Crippen molar-refractivity contribution in [3.63, 3.8) is 0 Å². The molecule has 0 atom stereocenters. The van der Waals surface area contributed by atoms with E-state index in [1.807, 2.05) is 19.1 Å². The van der Waals surface area contributed by atoms with Crippen molar-refractivity contribution in [3.05, 3.63) is 24.2 Å². The molecule has 6 nitrogen and oxygen atoms in total. The highest BCUT2D eigenvalue weighted by molar-refractivity contribution is 5.60. The van der Waals surface area contributed by atoms with Gasteiger partial charge in [-0.15, -0.1) is 0 Å². The monoisotopic (exact) mass is 330 g/mol. The summed E-state index contributed by atoms with van der Waals surface area (Å²) in [7, 11) is 0. The molecule has 0 radical (unpaired) electrons. The largest absolute Gasteiger partial charge is 0.477 e. The lowest BCUT2D eigenvalue weighted by atomic mass is 9.94. The van der Waals surface area contributed by atoms with Gasteiger partial charge in [0.1, 0.15) is 0 Å². The number of ether oxygens (including phenoxy) is 1. The number of nitrogens with zero attached hydrogens (tertiary/aromatic N) is 4. The molecule has 2 aromatic heterocycles. The van der Waals surface area contributed by atoms with Crippen molar-refractivity contribution in [3.8, 4) is 17.3 Å². The van der Waals surface area contributed by atoms with Crippen molar-refractivity contribution in [2.45, 2.75) is 58.5 Å². The van der Waals surface area contributed by atoms with Crippen LogP contribution in [0.1, 0.15) is 51.8 Å². The van der Waals surface area contributed by atoms with E-state index in [4.69, 9.17) is 9.26 Å². The second-order valence-corrected chi connectivity index (χ2v) is 6.16. The van der Waals surface area contributed by atoms with E-state index >= 15 is 0 Å². The van der Waals surface area contributed by atoms with E-state index in [9.17, 15) is 0 Å². The van der Waals surface area contributed by atoms with Crippen molar-refractivity contribution in [1.82, 2.24) is 20.0 Å². The van der Waals surface area contributed by atoms with Crippen molar-refractivity contribution in [2.24, 2.45) is 0 Å². The molecule has 0 aromatic carbocycles. The minimum atomic E-state index is 0.543. The lowest BCUT2D eigenvalue weighted by Gasteiger charge is -2.32. The Kier molecular flexibility index (Phi) is 5.80. The van der Waals surface area contributed by atoms with Gasteiger partial charge >= 0.3 is 0 Å². The molecule has 6 heteroatoms. The van der Waals surface area contributed by atoms with Crippen LogP contribution in [0.4, 0.5) is 0 Å². The molecule has 0 aliphatic heterocycles. The van der Waals surface area contributed by atoms with E-state index in [0.717, 1.165) is 12.1 Å². The van der Waals surface area contributed by atoms with E-state index in [1.54, 1.807) is 6.20 Å². The van der Waals surface area contributed by atoms with Gasteiger partial charge < -0.3 is 9.26 Å². The summed E-state index contributed by atoms with van der Waals surface area (Å²) in [5, 5.41) is 4.13. The van der Waals surface area contributed by atoms with Gasteiger partial charge in [-0.05, 0) is 38.4 Å². The highest BCUT2D eigenvalue weighted by Gasteiger charge is 2.22. The fraction of sp³-hybridized carbons (Fsp3) is 0.611. The Hall–Kier alpha value is -1.95. The fourth-order valence-electron chi connectivity index (χ4n) is 3.36. The first kappa shape index (κ1) is 16.9. The zero-order chi connectivity index (χ0) is 16.8. The Morgan fingerprint density at radius 3 is 2.83 bits per heavy atom. The third kappa shape index (κ3) is 3.93. The van der Waals surface area contributed by atoms with E-state index in [0.29, 0.717) is 36.8 Å². The number of hydrogen-bond acceptors (Lipinski definition) is 6. The molecule has 1 aliphatic rings. The summed E-state index contributed by atoms with van der Waals surface area (Å²) in [6, 6.07) is 4.40. The molecule has 0 bridgehead atoms. The van der Waals surface area contributed by atoms with Crippen molar-refractivity contribution in [2.75, 3.05) is 13.2 Å². The van der Waals surface area contributed by atoms with Crippen LogP contribution in [0.15, 0.2) is 22.9 Å². The third-order valence-electron chi connectivity index (χ3n) is 4.60. The van der Waals surface area contributed by atoms with Gasteiger partial charge in [-0.1, -0.05) is 31.3 Å². The third-order valence-corrected chi connectivity index (χ3v) is 4.60. The molecular formula is C18H26N4O2. The zero-order valence-corrected chi connectivity index (χ0v) is 14.6. The van der Waals surface area contributed by atoms with Crippen LogP contribution in [0, 0.1) is 0 Å². The topological polar surface area (TPSA) is 64.3 Å². The maximum absolute atomic E-state index is 5.55. The first-order valence-corrected chi connectivity index (χ1v) is 8.96. The highest BCUT2D eigenvalue weighted by Crippen LogP contribution is 2.27. The molecule has 24 heavy (non-hydrogen) atoms.